The average molecular weight is 233 g/mol. The second-order valence-corrected chi connectivity index (χ2v) is 4.58. The van der Waals surface area contributed by atoms with Crippen molar-refractivity contribution in [2.24, 2.45) is 0 Å². The van der Waals surface area contributed by atoms with Crippen molar-refractivity contribution in [3.63, 3.8) is 0 Å². The summed E-state index contributed by atoms with van der Waals surface area (Å²) in [6.07, 6.45) is 1.50. The van der Waals surface area contributed by atoms with Gasteiger partial charge in [0.2, 0.25) is 5.95 Å². The van der Waals surface area contributed by atoms with Gasteiger partial charge >= 0.3 is 0 Å². The molecule has 0 radical (unpaired) electrons. The molecule has 0 N–H and O–H groups in total. The van der Waals surface area contributed by atoms with Gasteiger partial charge in [-0.2, -0.15) is 4.39 Å². The molecule has 3 heteroatoms. The van der Waals surface area contributed by atoms with E-state index in [1.807, 2.05) is 18.2 Å². The fraction of sp³-hybridized carbons (Fsp3) is 0.154. The Hall–Kier alpha value is -1.35. The highest BCUT2D eigenvalue weighted by Crippen LogP contribution is 2.23. The van der Waals surface area contributed by atoms with E-state index >= 15 is 0 Å². The third-order valence-corrected chi connectivity index (χ3v) is 3.40. The average Bonchev–Trinajstić information content (AvgIpc) is 2.28. The Morgan fingerprint density at radius 3 is 2.81 bits per heavy atom. The minimum absolute atomic E-state index is 0.421. The smallest absolute Gasteiger partial charge is 0.213 e. The number of hydrogen-bond donors (Lipinski definition) is 0. The summed E-state index contributed by atoms with van der Waals surface area (Å²) in [5, 5.41) is 0. The maximum absolute atomic E-state index is 12.8. The van der Waals surface area contributed by atoms with E-state index in [0.29, 0.717) is 0 Å². The monoisotopic (exact) mass is 233 g/mol. The van der Waals surface area contributed by atoms with E-state index in [0.717, 1.165) is 10.6 Å². The van der Waals surface area contributed by atoms with E-state index in [1.165, 1.54) is 23.4 Å². The van der Waals surface area contributed by atoms with Crippen LogP contribution in [0.4, 0.5) is 4.39 Å². The van der Waals surface area contributed by atoms with E-state index < -0.39 is 5.95 Å². The summed E-state index contributed by atoms with van der Waals surface area (Å²) < 4.78 is 12.8. The highest BCUT2D eigenvalue weighted by Gasteiger charge is 2.00. The summed E-state index contributed by atoms with van der Waals surface area (Å²) in [7, 11) is 0. The number of pyridine rings is 1. The molecular formula is C13H12FNS. The first kappa shape index (κ1) is 11.1. The second-order valence-electron chi connectivity index (χ2n) is 3.53. The van der Waals surface area contributed by atoms with Gasteiger partial charge in [0.25, 0.3) is 0 Å². The lowest BCUT2D eigenvalue weighted by Crippen LogP contribution is -1.86. The van der Waals surface area contributed by atoms with Crippen LogP contribution in [0.25, 0.3) is 0 Å². The number of aromatic nitrogens is 1. The summed E-state index contributed by atoms with van der Waals surface area (Å²) in [6.45, 7) is 2.09. The van der Waals surface area contributed by atoms with Crippen molar-refractivity contribution in [3.8, 4) is 0 Å². The summed E-state index contributed by atoms with van der Waals surface area (Å²) in [5.41, 5.74) is 2.55. The fourth-order valence-electron chi connectivity index (χ4n) is 1.41. The minimum atomic E-state index is -0.421. The molecule has 0 aliphatic heterocycles. The van der Waals surface area contributed by atoms with Crippen molar-refractivity contribution >= 4 is 11.8 Å². The van der Waals surface area contributed by atoms with Gasteiger partial charge in [0.1, 0.15) is 0 Å². The van der Waals surface area contributed by atoms with Gasteiger partial charge in [0, 0.05) is 22.9 Å². The zero-order valence-corrected chi connectivity index (χ0v) is 9.80. The van der Waals surface area contributed by atoms with Crippen LogP contribution in [0, 0.1) is 12.9 Å². The molecule has 0 fully saturated rings. The predicted molar refractivity (Wildman–Crippen MR) is 64.9 cm³/mol. The molecule has 16 heavy (non-hydrogen) atoms. The molecule has 0 saturated carbocycles. The van der Waals surface area contributed by atoms with Gasteiger partial charge in [-0.3, -0.25) is 0 Å². The highest BCUT2D eigenvalue weighted by atomic mass is 32.2. The quantitative estimate of drug-likeness (QED) is 0.590. The molecular weight excluding hydrogens is 221 g/mol. The van der Waals surface area contributed by atoms with E-state index in [1.54, 1.807) is 11.8 Å². The van der Waals surface area contributed by atoms with E-state index in [9.17, 15) is 4.39 Å². The maximum atomic E-state index is 12.8. The molecule has 1 heterocycles. The second kappa shape index (κ2) is 5.12. The van der Waals surface area contributed by atoms with Crippen molar-refractivity contribution in [2.45, 2.75) is 17.6 Å². The molecule has 0 aliphatic carbocycles. The Labute approximate surface area is 98.7 Å². The molecule has 2 rings (SSSR count). The largest absolute Gasteiger partial charge is 0.228 e. The van der Waals surface area contributed by atoms with E-state index in [-0.39, 0.29) is 0 Å². The highest BCUT2D eigenvalue weighted by molar-refractivity contribution is 7.98. The number of thioether (sulfide) groups is 1. The number of rotatable bonds is 3. The lowest BCUT2D eigenvalue weighted by atomic mass is 10.1. The van der Waals surface area contributed by atoms with Gasteiger partial charge in [0.05, 0.1) is 0 Å². The molecule has 0 amide bonds. The number of benzene rings is 1. The first-order valence-corrected chi connectivity index (χ1v) is 6.03. The lowest BCUT2D eigenvalue weighted by molar-refractivity contribution is 0.579. The summed E-state index contributed by atoms with van der Waals surface area (Å²) >= 11 is 1.62. The van der Waals surface area contributed by atoms with E-state index in [2.05, 4.69) is 24.0 Å². The van der Waals surface area contributed by atoms with Gasteiger partial charge in [-0.15, -0.1) is 11.8 Å². The third-order valence-electron chi connectivity index (χ3n) is 2.35. The number of nitrogens with zero attached hydrogens (tertiary/aromatic N) is 1. The molecule has 0 atom stereocenters. The van der Waals surface area contributed by atoms with Crippen LogP contribution in [-0.2, 0) is 5.75 Å². The Kier molecular flexibility index (Phi) is 3.57. The van der Waals surface area contributed by atoms with Crippen LogP contribution in [-0.4, -0.2) is 4.98 Å². The van der Waals surface area contributed by atoms with Crippen molar-refractivity contribution in [1.82, 2.24) is 4.98 Å². The van der Waals surface area contributed by atoms with Crippen LogP contribution in [0.1, 0.15) is 11.1 Å². The predicted octanol–water partition coefficient (Wildman–Crippen LogP) is 3.82. The van der Waals surface area contributed by atoms with Crippen molar-refractivity contribution in [3.05, 3.63) is 59.7 Å². The molecule has 1 nitrogen and oxygen atoms in total. The fourth-order valence-corrected chi connectivity index (χ4v) is 2.39. The number of aryl methyl sites for hydroxylation is 1. The molecule has 1 aromatic heterocycles. The summed E-state index contributed by atoms with van der Waals surface area (Å²) in [6, 6.07) is 11.5. The Morgan fingerprint density at radius 2 is 2.06 bits per heavy atom. The Morgan fingerprint density at radius 1 is 1.25 bits per heavy atom. The first-order valence-electron chi connectivity index (χ1n) is 5.04. The SMILES string of the molecule is Cc1ccccc1CSc1ccnc(F)c1. The molecule has 2 aromatic rings. The van der Waals surface area contributed by atoms with Gasteiger partial charge in [-0.25, -0.2) is 4.98 Å². The van der Waals surface area contributed by atoms with Crippen LogP contribution >= 0.6 is 11.8 Å². The van der Waals surface area contributed by atoms with Gasteiger partial charge < -0.3 is 0 Å². The zero-order valence-electron chi connectivity index (χ0n) is 8.98. The minimum Gasteiger partial charge on any atom is -0.228 e. The lowest BCUT2D eigenvalue weighted by Gasteiger charge is -2.04. The van der Waals surface area contributed by atoms with E-state index in [4.69, 9.17) is 0 Å². The zero-order chi connectivity index (χ0) is 11.4. The molecule has 0 spiro atoms. The van der Waals surface area contributed by atoms with Crippen LogP contribution in [0.5, 0.6) is 0 Å². The van der Waals surface area contributed by atoms with Crippen LogP contribution in [0.15, 0.2) is 47.5 Å². The maximum Gasteiger partial charge on any atom is 0.213 e. The topological polar surface area (TPSA) is 12.9 Å². The molecule has 1 aromatic carbocycles. The van der Waals surface area contributed by atoms with Crippen molar-refractivity contribution in [1.29, 1.82) is 0 Å². The van der Waals surface area contributed by atoms with Crippen LogP contribution in [0.3, 0.4) is 0 Å². The van der Waals surface area contributed by atoms with Gasteiger partial charge in [0.15, 0.2) is 0 Å². The number of halogens is 1. The molecule has 0 unspecified atom stereocenters. The Bertz CT molecular complexity index is 485. The Balaban J connectivity index is 2.05. The molecule has 82 valence electrons. The molecule has 0 saturated heterocycles. The van der Waals surface area contributed by atoms with Gasteiger partial charge in [-0.1, -0.05) is 24.3 Å². The number of hydrogen-bond acceptors (Lipinski definition) is 2. The summed E-state index contributed by atoms with van der Waals surface area (Å²) in [4.78, 5) is 4.45. The van der Waals surface area contributed by atoms with Crippen molar-refractivity contribution in [2.75, 3.05) is 0 Å². The molecule has 0 aliphatic rings. The van der Waals surface area contributed by atoms with Crippen LogP contribution in [0.2, 0.25) is 0 Å². The normalized spacial score (nSPS) is 10.4. The van der Waals surface area contributed by atoms with Crippen LogP contribution < -0.4 is 0 Å². The molecule has 0 bridgehead atoms. The van der Waals surface area contributed by atoms with Crippen molar-refractivity contribution < 1.29 is 4.39 Å². The summed E-state index contributed by atoms with van der Waals surface area (Å²) in [5.74, 6) is 0.436. The first-order chi connectivity index (χ1) is 7.75. The standard InChI is InChI=1S/C13H12FNS/c1-10-4-2-3-5-11(10)9-16-12-6-7-15-13(14)8-12/h2-8H,9H2,1H3. The third kappa shape index (κ3) is 2.83. The van der Waals surface area contributed by atoms with Gasteiger partial charge in [-0.05, 0) is 24.1 Å².